The van der Waals surface area contributed by atoms with Crippen LogP contribution in [-0.4, -0.2) is 31.4 Å². The van der Waals surface area contributed by atoms with E-state index in [0.717, 1.165) is 0 Å². The van der Waals surface area contributed by atoms with E-state index in [1.54, 1.807) is 18.4 Å². The molecule has 0 aliphatic carbocycles. The van der Waals surface area contributed by atoms with E-state index in [9.17, 15) is 4.79 Å². The molecular formula is C10H16N2OS. The van der Waals surface area contributed by atoms with Gasteiger partial charge in [0.05, 0.1) is 6.54 Å². The average molecular weight is 212 g/mol. The number of carbonyl (C=O) groups excluding carboxylic acids is 1. The first-order chi connectivity index (χ1) is 6.65. The molecule has 1 heterocycles. The van der Waals surface area contributed by atoms with E-state index in [1.165, 1.54) is 4.88 Å². The van der Waals surface area contributed by atoms with Crippen molar-refractivity contribution >= 4 is 17.2 Å². The standard InChI is InChI=1S/C10H16N2OS/c1-8(9-5-4-6-14-9)12(3)7-10(13)11-2/h4-6,8H,7H2,1-3H3,(H,11,13). The molecule has 1 N–H and O–H groups in total. The summed E-state index contributed by atoms with van der Waals surface area (Å²) in [5, 5.41) is 4.67. The fourth-order valence-electron chi connectivity index (χ4n) is 1.19. The smallest absolute Gasteiger partial charge is 0.233 e. The van der Waals surface area contributed by atoms with Crippen LogP contribution in [-0.2, 0) is 4.79 Å². The summed E-state index contributed by atoms with van der Waals surface area (Å²) in [5.74, 6) is 0.0518. The average Bonchev–Trinajstić information content (AvgIpc) is 2.69. The summed E-state index contributed by atoms with van der Waals surface area (Å²) in [4.78, 5) is 14.5. The second-order valence-electron chi connectivity index (χ2n) is 3.28. The van der Waals surface area contributed by atoms with E-state index in [-0.39, 0.29) is 5.91 Å². The summed E-state index contributed by atoms with van der Waals surface area (Å²) in [6.07, 6.45) is 0. The molecule has 0 saturated carbocycles. The third-order valence-corrected chi connectivity index (χ3v) is 3.33. The quantitative estimate of drug-likeness (QED) is 0.820. The molecule has 0 aliphatic heterocycles. The van der Waals surface area contributed by atoms with Gasteiger partial charge in [-0.1, -0.05) is 6.07 Å². The first-order valence-electron chi connectivity index (χ1n) is 4.59. The molecule has 1 atom stereocenters. The highest BCUT2D eigenvalue weighted by atomic mass is 32.1. The van der Waals surface area contributed by atoms with Gasteiger partial charge in [-0.25, -0.2) is 0 Å². The van der Waals surface area contributed by atoms with Gasteiger partial charge in [-0.05, 0) is 25.4 Å². The van der Waals surface area contributed by atoms with Gasteiger partial charge in [0.2, 0.25) is 5.91 Å². The van der Waals surface area contributed by atoms with Gasteiger partial charge in [-0.15, -0.1) is 11.3 Å². The Morgan fingerprint density at radius 1 is 1.71 bits per heavy atom. The van der Waals surface area contributed by atoms with E-state index in [4.69, 9.17) is 0 Å². The topological polar surface area (TPSA) is 32.3 Å². The number of carbonyl (C=O) groups is 1. The summed E-state index contributed by atoms with van der Waals surface area (Å²) >= 11 is 1.72. The molecule has 0 radical (unpaired) electrons. The molecule has 1 amide bonds. The predicted octanol–water partition coefficient (Wildman–Crippen LogP) is 1.49. The number of nitrogens with zero attached hydrogens (tertiary/aromatic N) is 1. The third kappa shape index (κ3) is 2.82. The molecule has 0 aliphatic rings. The van der Waals surface area contributed by atoms with Gasteiger partial charge in [0.25, 0.3) is 0 Å². The summed E-state index contributed by atoms with van der Waals surface area (Å²) in [7, 11) is 3.62. The number of hydrogen-bond acceptors (Lipinski definition) is 3. The van der Waals surface area contributed by atoms with Gasteiger partial charge in [-0.3, -0.25) is 9.69 Å². The largest absolute Gasteiger partial charge is 0.358 e. The molecule has 0 bridgehead atoms. The molecule has 0 spiro atoms. The van der Waals surface area contributed by atoms with Gasteiger partial charge in [0.1, 0.15) is 0 Å². The molecular weight excluding hydrogens is 196 g/mol. The van der Waals surface area contributed by atoms with Crippen molar-refractivity contribution in [3.8, 4) is 0 Å². The normalized spacial score (nSPS) is 12.9. The van der Waals surface area contributed by atoms with E-state index in [0.29, 0.717) is 12.6 Å². The Morgan fingerprint density at radius 2 is 2.43 bits per heavy atom. The van der Waals surface area contributed by atoms with Crippen LogP contribution in [0.1, 0.15) is 17.8 Å². The van der Waals surface area contributed by atoms with Crippen LogP contribution in [0.25, 0.3) is 0 Å². The van der Waals surface area contributed by atoms with Gasteiger partial charge in [0, 0.05) is 18.0 Å². The van der Waals surface area contributed by atoms with Gasteiger partial charge < -0.3 is 5.32 Å². The van der Waals surface area contributed by atoms with Crippen LogP contribution in [0.5, 0.6) is 0 Å². The lowest BCUT2D eigenvalue weighted by Gasteiger charge is -2.22. The molecule has 1 aromatic heterocycles. The van der Waals surface area contributed by atoms with Crippen molar-refractivity contribution in [3.63, 3.8) is 0 Å². The Hall–Kier alpha value is -0.870. The van der Waals surface area contributed by atoms with Crippen molar-refractivity contribution in [2.75, 3.05) is 20.6 Å². The second-order valence-corrected chi connectivity index (χ2v) is 4.26. The van der Waals surface area contributed by atoms with E-state index >= 15 is 0 Å². The molecule has 0 saturated heterocycles. The highest BCUT2D eigenvalue weighted by Crippen LogP contribution is 2.22. The Labute approximate surface area is 88.7 Å². The lowest BCUT2D eigenvalue weighted by Crippen LogP contribution is -2.34. The number of likely N-dealkylation sites (N-methyl/N-ethyl adjacent to an activating group) is 2. The predicted molar refractivity (Wildman–Crippen MR) is 59.4 cm³/mol. The second kappa shape index (κ2) is 5.12. The van der Waals surface area contributed by atoms with Crippen molar-refractivity contribution < 1.29 is 4.79 Å². The van der Waals surface area contributed by atoms with Crippen molar-refractivity contribution in [3.05, 3.63) is 22.4 Å². The number of rotatable bonds is 4. The minimum atomic E-state index is 0.0518. The maximum Gasteiger partial charge on any atom is 0.233 e. The van der Waals surface area contributed by atoms with Crippen LogP contribution in [0.2, 0.25) is 0 Å². The minimum Gasteiger partial charge on any atom is -0.358 e. The van der Waals surface area contributed by atoms with Crippen LogP contribution in [0.15, 0.2) is 17.5 Å². The van der Waals surface area contributed by atoms with Crippen LogP contribution >= 0.6 is 11.3 Å². The van der Waals surface area contributed by atoms with Crippen molar-refractivity contribution in [2.45, 2.75) is 13.0 Å². The summed E-state index contributed by atoms with van der Waals surface area (Å²) in [5.41, 5.74) is 0. The maximum atomic E-state index is 11.1. The van der Waals surface area contributed by atoms with Gasteiger partial charge in [0.15, 0.2) is 0 Å². The Kier molecular flexibility index (Phi) is 4.10. The summed E-state index contributed by atoms with van der Waals surface area (Å²) in [6.45, 7) is 2.55. The molecule has 3 nitrogen and oxygen atoms in total. The van der Waals surface area contributed by atoms with Gasteiger partial charge >= 0.3 is 0 Å². The van der Waals surface area contributed by atoms with Crippen molar-refractivity contribution in [1.29, 1.82) is 0 Å². The van der Waals surface area contributed by atoms with Crippen LogP contribution < -0.4 is 5.32 Å². The van der Waals surface area contributed by atoms with E-state index in [2.05, 4.69) is 23.7 Å². The summed E-state index contributed by atoms with van der Waals surface area (Å²) in [6, 6.07) is 4.42. The highest BCUT2D eigenvalue weighted by Gasteiger charge is 2.14. The monoisotopic (exact) mass is 212 g/mol. The molecule has 0 aromatic carbocycles. The number of hydrogen-bond donors (Lipinski definition) is 1. The lowest BCUT2D eigenvalue weighted by molar-refractivity contribution is -0.121. The number of thiophene rings is 1. The minimum absolute atomic E-state index is 0.0518. The van der Waals surface area contributed by atoms with Crippen LogP contribution in [0.4, 0.5) is 0 Å². The number of amides is 1. The molecule has 1 aromatic rings. The van der Waals surface area contributed by atoms with Crippen LogP contribution in [0.3, 0.4) is 0 Å². The molecule has 0 fully saturated rings. The van der Waals surface area contributed by atoms with E-state index < -0.39 is 0 Å². The third-order valence-electron chi connectivity index (χ3n) is 2.29. The molecule has 1 unspecified atom stereocenters. The van der Waals surface area contributed by atoms with Crippen LogP contribution in [0, 0.1) is 0 Å². The fourth-order valence-corrected chi connectivity index (χ4v) is 2.04. The zero-order valence-corrected chi connectivity index (χ0v) is 9.60. The van der Waals surface area contributed by atoms with Crippen molar-refractivity contribution in [1.82, 2.24) is 10.2 Å². The Balaban J connectivity index is 2.53. The van der Waals surface area contributed by atoms with E-state index in [1.807, 2.05) is 18.0 Å². The van der Waals surface area contributed by atoms with Crippen molar-refractivity contribution in [2.24, 2.45) is 0 Å². The lowest BCUT2D eigenvalue weighted by atomic mass is 10.2. The fraction of sp³-hybridized carbons (Fsp3) is 0.500. The first kappa shape index (κ1) is 11.2. The SMILES string of the molecule is CNC(=O)CN(C)C(C)c1cccs1. The molecule has 14 heavy (non-hydrogen) atoms. The molecule has 4 heteroatoms. The maximum absolute atomic E-state index is 11.1. The zero-order valence-electron chi connectivity index (χ0n) is 8.78. The highest BCUT2D eigenvalue weighted by molar-refractivity contribution is 7.10. The number of nitrogens with one attached hydrogen (secondary N) is 1. The first-order valence-corrected chi connectivity index (χ1v) is 5.47. The summed E-state index contributed by atoms with van der Waals surface area (Å²) < 4.78 is 0. The Bertz CT molecular complexity index is 284. The Morgan fingerprint density at radius 3 is 2.93 bits per heavy atom. The van der Waals surface area contributed by atoms with Gasteiger partial charge in [-0.2, -0.15) is 0 Å². The molecule has 78 valence electrons. The molecule has 1 rings (SSSR count). The zero-order chi connectivity index (χ0) is 10.6.